The second-order valence-corrected chi connectivity index (χ2v) is 6.95. The number of nitrogens with one attached hydrogen (secondary N) is 1. The number of unbranched alkanes of at least 4 members (excludes halogenated alkanes) is 1. The van der Waals surface area contributed by atoms with Crippen LogP contribution in [0.25, 0.3) is 0 Å². The number of aromatic nitrogens is 2. The molecule has 1 aliphatic rings. The number of nitrogens with zero attached hydrogens (tertiary/aromatic N) is 1. The van der Waals surface area contributed by atoms with Crippen molar-refractivity contribution in [3.05, 3.63) is 68.7 Å². The van der Waals surface area contributed by atoms with Gasteiger partial charge in [0.1, 0.15) is 18.9 Å². The molecule has 2 heterocycles. The Hall–Kier alpha value is -2.78. The SMILES string of the molecule is O=C(CCCCc1ccccc1)OC[C@H]1O[C@@H](n2cc(F)c(=O)[nH]c2=O)C[C@@H]1O. The summed E-state index contributed by atoms with van der Waals surface area (Å²) in [5.74, 6) is -1.53. The summed E-state index contributed by atoms with van der Waals surface area (Å²) in [5.41, 5.74) is -0.754. The highest BCUT2D eigenvalue weighted by atomic mass is 19.1. The summed E-state index contributed by atoms with van der Waals surface area (Å²) in [6.45, 7) is -0.171. The topological polar surface area (TPSA) is 111 Å². The molecule has 9 heteroatoms. The Morgan fingerprint density at radius 3 is 2.79 bits per heavy atom. The van der Waals surface area contributed by atoms with Crippen molar-refractivity contribution in [2.75, 3.05) is 6.61 Å². The third-order valence-electron chi connectivity index (χ3n) is 4.79. The Morgan fingerprint density at radius 1 is 1.28 bits per heavy atom. The molecule has 156 valence electrons. The van der Waals surface area contributed by atoms with Crippen LogP contribution < -0.4 is 11.2 Å². The van der Waals surface area contributed by atoms with Gasteiger partial charge in [-0.1, -0.05) is 30.3 Å². The highest BCUT2D eigenvalue weighted by molar-refractivity contribution is 5.69. The number of aryl methyl sites for hydroxylation is 1. The summed E-state index contributed by atoms with van der Waals surface area (Å²) < 4.78 is 25.0. The number of carbonyl (C=O) groups is 1. The molecule has 3 rings (SSSR count). The van der Waals surface area contributed by atoms with Gasteiger partial charge in [0.05, 0.1) is 12.3 Å². The molecule has 0 amide bonds. The average Bonchev–Trinajstić information content (AvgIpc) is 3.07. The molecular formula is C20H23FN2O6. The van der Waals surface area contributed by atoms with E-state index in [-0.39, 0.29) is 19.4 Å². The number of esters is 1. The van der Waals surface area contributed by atoms with Crippen LogP contribution in [0.15, 0.2) is 46.1 Å². The molecule has 0 aliphatic carbocycles. The number of halogens is 1. The number of H-pyrrole nitrogens is 1. The van der Waals surface area contributed by atoms with Crippen molar-refractivity contribution in [2.45, 2.75) is 50.5 Å². The minimum Gasteiger partial charge on any atom is -0.463 e. The molecular weight excluding hydrogens is 383 g/mol. The molecule has 0 spiro atoms. The minimum atomic E-state index is -1.13. The Balaban J connectivity index is 1.42. The third kappa shape index (κ3) is 5.61. The number of rotatable bonds is 8. The molecule has 0 saturated carbocycles. The first-order valence-electron chi connectivity index (χ1n) is 9.48. The van der Waals surface area contributed by atoms with Crippen LogP contribution in [0.2, 0.25) is 0 Å². The van der Waals surface area contributed by atoms with Gasteiger partial charge in [0.15, 0.2) is 0 Å². The van der Waals surface area contributed by atoms with E-state index in [0.29, 0.717) is 6.42 Å². The molecule has 1 fully saturated rings. The Labute approximate surface area is 165 Å². The Bertz CT molecular complexity index is 942. The van der Waals surface area contributed by atoms with E-state index >= 15 is 0 Å². The van der Waals surface area contributed by atoms with Gasteiger partial charge in [-0.2, -0.15) is 4.39 Å². The van der Waals surface area contributed by atoms with Crippen molar-refractivity contribution >= 4 is 5.97 Å². The number of aliphatic hydroxyl groups excluding tert-OH is 1. The van der Waals surface area contributed by atoms with Gasteiger partial charge in [-0.15, -0.1) is 0 Å². The zero-order valence-electron chi connectivity index (χ0n) is 15.8. The van der Waals surface area contributed by atoms with E-state index in [4.69, 9.17) is 9.47 Å². The van der Waals surface area contributed by atoms with Crippen LogP contribution in [0.5, 0.6) is 0 Å². The van der Waals surface area contributed by atoms with Gasteiger partial charge in [0.25, 0.3) is 5.56 Å². The Kier molecular flexibility index (Phi) is 6.95. The zero-order chi connectivity index (χ0) is 20.8. The lowest BCUT2D eigenvalue weighted by Gasteiger charge is -2.16. The lowest BCUT2D eigenvalue weighted by Crippen LogP contribution is -2.34. The van der Waals surface area contributed by atoms with Gasteiger partial charge in [0.2, 0.25) is 5.82 Å². The number of hydrogen-bond donors (Lipinski definition) is 2. The molecule has 1 saturated heterocycles. The molecule has 1 aliphatic heterocycles. The normalized spacial score (nSPS) is 21.2. The van der Waals surface area contributed by atoms with Crippen LogP contribution >= 0.6 is 0 Å². The highest BCUT2D eigenvalue weighted by Crippen LogP contribution is 2.27. The first-order chi connectivity index (χ1) is 13.9. The first-order valence-corrected chi connectivity index (χ1v) is 9.48. The summed E-state index contributed by atoms with van der Waals surface area (Å²) in [4.78, 5) is 36.6. The smallest absolute Gasteiger partial charge is 0.330 e. The largest absolute Gasteiger partial charge is 0.463 e. The summed E-state index contributed by atoms with van der Waals surface area (Å²) in [5, 5.41) is 10.1. The molecule has 8 nitrogen and oxygen atoms in total. The predicted octanol–water partition coefficient (Wildman–Crippen LogP) is 1.28. The fourth-order valence-corrected chi connectivity index (χ4v) is 3.20. The van der Waals surface area contributed by atoms with Crippen LogP contribution in [0, 0.1) is 5.82 Å². The van der Waals surface area contributed by atoms with Crippen molar-refractivity contribution in [3.63, 3.8) is 0 Å². The lowest BCUT2D eigenvalue weighted by molar-refractivity contribution is -0.150. The average molecular weight is 406 g/mol. The van der Waals surface area contributed by atoms with E-state index in [1.807, 2.05) is 35.3 Å². The molecule has 3 atom stereocenters. The number of ether oxygens (including phenoxy) is 2. The van der Waals surface area contributed by atoms with Crippen molar-refractivity contribution < 1.29 is 23.8 Å². The standard InChI is InChI=1S/C20H23FN2O6/c21-14-11-23(20(27)22-19(14)26)17-10-15(24)16(29-17)12-28-18(25)9-5-4-8-13-6-2-1-3-7-13/h1-3,6-7,11,15-17,24H,4-5,8-10,12H2,(H,22,26,27)/t15-,16+,17+/m0/s1. The quantitative estimate of drug-likeness (QED) is 0.505. The maximum atomic E-state index is 13.4. The molecule has 1 aromatic carbocycles. The first kappa shape index (κ1) is 20.9. The number of aromatic amines is 1. The van der Waals surface area contributed by atoms with Crippen molar-refractivity contribution in [1.29, 1.82) is 0 Å². The molecule has 29 heavy (non-hydrogen) atoms. The maximum Gasteiger partial charge on any atom is 0.330 e. The van der Waals surface area contributed by atoms with Crippen LogP contribution in [-0.2, 0) is 20.7 Å². The van der Waals surface area contributed by atoms with Crippen LogP contribution in [0.4, 0.5) is 4.39 Å². The number of hydrogen-bond acceptors (Lipinski definition) is 6. The van der Waals surface area contributed by atoms with Gasteiger partial charge in [-0.05, 0) is 24.8 Å². The van der Waals surface area contributed by atoms with E-state index in [0.717, 1.165) is 23.6 Å². The number of carbonyl (C=O) groups excluding carboxylic acids is 1. The third-order valence-corrected chi connectivity index (χ3v) is 4.79. The summed E-state index contributed by atoms with van der Waals surface area (Å²) >= 11 is 0. The summed E-state index contributed by atoms with van der Waals surface area (Å²) in [6, 6.07) is 9.97. The van der Waals surface area contributed by atoms with Crippen molar-refractivity contribution in [3.8, 4) is 0 Å². The summed E-state index contributed by atoms with van der Waals surface area (Å²) in [6.07, 6.45) is 0.612. The molecule has 0 bridgehead atoms. The molecule has 0 unspecified atom stereocenters. The second kappa shape index (κ2) is 9.62. The van der Waals surface area contributed by atoms with E-state index in [1.165, 1.54) is 5.56 Å². The van der Waals surface area contributed by atoms with Gasteiger partial charge >= 0.3 is 11.7 Å². The maximum absolute atomic E-state index is 13.4. The van der Waals surface area contributed by atoms with E-state index in [1.54, 1.807) is 0 Å². The van der Waals surface area contributed by atoms with E-state index < -0.39 is 41.5 Å². The van der Waals surface area contributed by atoms with Crippen LogP contribution in [-0.4, -0.2) is 39.4 Å². The number of benzene rings is 1. The minimum absolute atomic E-state index is 0.00465. The molecule has 1 aromatic heterocycles. The second-order valence-electron chi connectivity index (χ2n) is 6.95. The number of aliphatic hydroxyl groups is 1. The van der Waals surface area contributed by atoms with Gasteiger partial charge in [-0.25, -0.2) is 4.79 Å². The van der Waals surface area contributed by atoms with Crippen molar-refractivity contribution in [2.24, 2.45) is 0 Å². The monoisotopic (exact) mass is 406 g/mol. The van der Waals surface area contributed by atoms with E-state index in [9.17, 15) is 23.9 Å². The highest BCUT2D eigenvalue weighted by Gasteiger charge is 2.36. The van der Waals surface area contributed by atoms with Crippen LogP contribution in [0.3, 0.4) is 0 Å². The fraction of sp³-hybridized carbons (Fsp3) is 0.450. The van der Waals surface area contributed by atoms with Crippen LogP contribution in [0.1, 0.15) is 37.5 Å². The molecule has 2 aromatic rings. The fourth-order valence-electron chi connectivity index (χ4n) is 3.20. The van der Waals surface area contributed by atoms with Gasteiger partial charge in [-0.3, -0.25) is 19.1 Å². The van der Waals surface area contributed by atoms with Gasteiger partial charge in [0, 0.05) is 12.8 Å². The summed E-state index contributed by atoms with van der Waals surface area (Å²) in [7, 11) is 0. The molecule has 0 radical (unpaired) electrons. The van der Waals surface area contributed by atoms with Gasteiger partial charge < -0.3 is 14.6 Å². The Morgan fingerprint density at radius 2 is 2.03 bits per heavy atom. The zero-order valence-corrected chi connectivity index (χ0v) is 15.8. The predicted molar refractivity (Wildman–Crippen MR) is 101 cm³/mol. The van der Waals surface area contributed by atoms with Crippen molar-refractivity contribution in [1.82, 2.24) is 9.55 Å². The molecule has 2 N–H and O–H groups in total. The lowest BCUT2D eigenvalue weighted by atomic mass is 10.1. The van der Waals surface area contributed by atoms with E-state index in [2.05, 4.69) is 0 Å².